The summed E-state index contributed by atoms with van der Waals surface area (Å²) in [5.41, 5.74) is 3.19. The molecule has 6 nitrogen and oxygen atoms in total. The van der Waals surface area contributed by atoms with E-state index in [9.17, 15) is 18.0 Å². The zero-order chi connectivity index (χ0) is 23.0. The zero-order valence-corrected chi connectivity index (χ0v) is 19.3. The van der Waals surface area contributed by atoms with Gasteiger partial charge in [-0.25, -0.2) is 4.68 Å². The molecule has 32 heavy (non-hydrogen) atoms. The van der Waals surface area contributed by atoms with Gasteiger partial charge in [0.25, 0.3) is 0 Å². The van der Waals surface area contributed by atoms with Crippen molar-refractivity contribution in [2.75, 3.05) is 0 Å². The van der Waals surface area contributed by atoms with E-state index in [0.29, 0.717) is 12.2 Å². The molecule has 4 rings (SSSR count). The van der Waals surface area contributed by atoms with Crippen molar-refractivity contribution in [2.24, 2.45) is 0 Å². The fourth-order valence-electron chi connectivity index (χ4n) is 3.79. The lowest BCUT2D eigenvalue weighted by Crippen LogP contribution is -2.25. The summed E-state index contributed by atoms with van der Waals surface area (Å²) in [6.07, 6.45) is -2.84. The van der Waals surface area contributed by atoms with Gasteiger partial charge in [-0.3, -0.25) is 9.48 Å². The number of benzene rings is 1. The lowest BCUT2D eigenvalue weighted by molar-refractivity contribution is -0.142. The lowest BCUT2D eigenvalue weighted by Gasteiger charge is -2.09. The Bertz CT molecular complexity index is 1130. The van der Waals surface area contributed by atoms with E-state index in [-0.39, 0.29) is 29.3 Å². The second-order valence-electron chi connectivity index (χ2n) is 7.97. The first-order valence-electron chi connectivity index (χ1n) is 10.4. The van der Waals surface area contributed by atoms with E-state index >= 15 is 0 Å². The van der Waals surface area contributed by atoms with E-state index in [1.165, 1.54) is 4.68 Å². The average molecular weight is 510 g/mol. The number of aromatic nitrogens is 4. The standard InChI is InChI=1S/C22H23BrF3N5O/c1-13-17(14(2)31(28-13)16-6-4-3-5-7-16)12-27-18(32)10-11-30-20(15-8-9-15)19(23)21(29-30)22(24,25)26/h3-7,15H,8-12H2,1-2H3,(H,27,32). The Morgan fingerprint density at radius 3 is 2.50 bits per heavy atom. The molecule has 0 spiro atoms. The van der Waals surface area contributed by atoms with Gasteiger partial charge in [-0.05, 0) is 54.8 Å². The van der Waals surface area contributed by atoms with Crippen LogP contribution in [0, 0.1) is 13.8 Å². The highest BCUT2D eigenvalue weighted by molar-refractivity contribution is 9.10. The number of amides is 1. The van der Waals surface area contributed by atoms with Crippen LogP contribution in [0.1, 0.15) is 53.5 Å². The maximum Gasteiger partial charge on any atom is 0.436 e. The van der Waals surface area contributed by atoms with Crippen molar-refractivity contribution >= 4 is 21.8 Å². The minimum atomic E-state index is -4.54. The monoisotopic (exact) mass is 509 g/mol. The van der Waals surface area contributed by atoms with Crippen LogP contribution in [-0.4, -0.2) is 25.5 Å². The van der Waals surface area contributed by atoms with Gasteiger partial charge in [0.05, 0.1) is 28.1 Å². The number of hydrogen-bond acceptors (Lipinski definition) is 3. The third-order valence-electron chi connectivity index (χ3n) is 5.62. The van der Waals surface area contributed by atoms with Crippen LogP contribution in [0.2, 0.25) is 0 Å². The number of halogens is 4. The number of aryl methyl sites for hydroxylation is 2. The fourth-order valence-corrected chi connectivity index (χ4v) is 4.62. The maximum atomic E-state index is 13.2. The van der Waals surface area contributed by atoms with Crippen LogP contribution in [0.3, 0.4) is 0 Å². The smallest absolute Gasteiger partial charge is 0.352 e. The van der Waals surface area contributed by atoms with Crippen molar-refractivity contribution in [3.05, 3.63) is 63.1 Å². The molecule has 1 fully saturated rings. The first-order chi connectivity index (χ1) is 15.2. The molecule has 1 saturated carbocycles. The van der Waals surface area contributed by atoms with Gasteiger partial charge in [-0.1, -0.05) is 18.2 Å². The number of para-hydroxylation sites is 1. The summed E-state index contributed by atoms with van der Waals surface area (Å²) in [6.45, 7) is 4.22. The zero-order valence-electron chi connectivity index (χ0n) is 17.7. The topological polar surface area (TPSA) is 64.7 Å². The van der Waals surface area contributed by atoms with Gasteiger partial charge in [0, 0.05) is 30.1 Å². The summed E-state index contributed by atoms with van der Waals surface area (Å²) >= 11 is 3.07. The molecule has 0 atom stereocenters. The van der Waals surface area contributed by atoms with Gasteiger partial charge in [-0.15, -0.1) is 0 Å². The van der Waals surface area contributed by atoms with Crippen molar-refractivity contribution in [1.29, 1.82) is 0 Å². The highest BCUT2D eigenvalue weighted by Crippen LogP contribution is 2.47. The van der Waals surface area contributed by atoms with E-state index in [2.05, 4.69) is 31.4 Å². The summed E-state index contributed by atoms with van der Waals surface area (Å²) in [5.74, 6) is -0.191. The molecular weight excluding hydrogens is 487 g/mol. The average Bonchev–Trinajstić information content (AvgIpc) is 3.46. The second kappa shape index (κ2) is 8.73. The van der Waals surface area contributed by atoms with Crippen LogP contribution in [0.4, 0.5) is 13.2 Å². The van der Waals surface area contributed by atoms with Gasteiger partial charge in [0.15, 0.2) is 5.69 Å². The van der Waals surface area contributed by atoms with Crippen LogP contribution in [0.25, 0.3) is 5.69 Å². The molecule has 0 radical (unpaired) electrons. The number of rotatable bonds is 7. The van der Waals surface area contributed by atoms with Crippen molar-refractivity contribution in [1.82, 2.24) is 24.9 Å². The van der Waals surface area contributed by atoms with Crippen molar-refractivity contribution < 1.29 is 18.0 Å². The molecule has 1 aromatic carbocycles. The van der Waals surface area contributed by atoms with Gasteiger partial charge in [0.2, 0.25) is 5.91 Å². The molecule has 0 unspecified atom stereocenters. The molecule has 0 bridgehead atoms. The number of nitrogens with zero attached hydrogens (tertiary/aromatic N) is 4. The van der Waals surface area contributed by atoms with E-state index in [0.717, 1.165) is 35.5 Å². The molecule has 1 aliphatic rings. The van der Waals surface area contributed by atoms with Crippen molar-refractivity contribution in [2.45, 2.75) is 58.3 Å². The third kappa shape index (κ3) is 4.60. The van der Waals surface area contributed by atoms with Crippen LogP contribution in [0.5, 0.6) is 0 Å². The lowest BCUT2D eigenvalue weighted by atomic mass is 10.2. The van der Waals surface area contributed by atoms with E-state index < -0.39 is 11.9 Å². The van der Waals surface area contributed by atoms with Crippen LogP contribution < -0.4 is 5.32 Å². The minimum Gasteiger partial charge on any atom is -0.352 e. The van der Waals surface area contributed by atoms with Crippen LogP contribution >= 0.6 is 15.9 Å². The quantitative estimate of drug-likeness (QED) is 0.484. The normalized spacial score (nSPS) is 14.1. The third-order valence-corrected chi connectivity index (χ3v) is 6.40. The SMILES string of the molecule is Cc1nn(-c2ccccc2)c(C)c1CNC(=O)CCn1nc(C(F)(F)F)c(Br)c1C1CC1. The predicted molar refractivity (Wildman–Crippen MR) is 116 cm³/mol. The summed E-state index contributed by atoms with van der Waals surface area (Å²) in [7, 11) is 0. The molecule has 2 aromatic heterocycles. The Morgan fingerprint density at radius 1 is 1.19 bits per heavy atom. The molecule has 170 valence electrons. The van der Waals surface area contributed by atoms with E-state index in [1.54, 1.807) is 0 Å². The van der Waals surface area contributed by atoms with Crippen molar-refractivity contribution in [3.8, 4) is 5.69 Å². The maximum absolute atomic E-state index is 13.2. The Hall–Kier alpha value is -2.62. The van der Waals surface area contributed by atoms with Gasteiger partial charge >= 0.3 is 6.18 Å². The Morgan fingerprint density at radius 2 is 1.88 bits per heavy atom. The van der Waals surface area contributed by atoms with Gasteiger partial charge < -0.3 is 5.32 Å². The van der Waals surface area contributed by atoms with E-state index in [4.69, 9.17) is 0 Å². The molecule has 0 saturated heterocycles. The van der Waals surface area contributed by atoms with Crippen molar-refractivity contribution in [3.63, 3.8) is 0 Å². The Kier molecular flexibility index (Phi) is 6.15. The molecule has 1 N–H and O–H groups in total. The first-order valence-corrected chi connectivity index (χ1v) is 11.2. The molecule has 0 aliphatic heterocycles. The van der Waals surface area contributed by atoms with Crippen LogP contribution in [-0.2, 0) is 24.1 Å². The molecule has 10 heteroatoms. The first kappa shape index (κ1) is 22.6. The highest BCUT2D eigenvalue weighted by Gasteiger charge is 2.41. The molecule has 1 aliphatic carbocycles. The summed E-state index contributed by atoms with van der Waals surface area (Å²) < 4.78 is 42.9. The number of nitrogens with one attached hydrogen (secondary N) is 1. The minimum absolute atomic E-state index is 0.00696. The molecule has 3 aromatic rings. The highest BCUT2D eigenvalue weighted by atomic mass is 79.9. The second-order valence-corrected chi connectivity index (χ2v) is 8.76. The predicted octanol–water partition coefficient (Wildman–Crippen LogP) is 5.05. The molecular formula is C22H23BrF3N5O. The number of hydrogen-bond donors (Lipinski definition) is 1. The summed E-state index contributed by atoms with van der Waals surface area (Å²) in [5, 5.41) is 11.2. The number of carbonyl (C=O) groups excluding carboxylic acids is 1. The largest absolute Gasteiger partial charge is 0.436 e. The molecule has 2 heterocycles. The summed E-state index contributed by atoms with van der Waals surface area (Å²) in [6, 6.07) is 9.70. The van der Waals surface area contributed by atoms with Gasteiger partial charge in [-0.2, -0.15) is 23.4 Å². The van der Waals surface area contributed by atoms with Gasteiger partial charge in [0.1, 0.15) is 0 Å². The van der Waals surface area contributed by atoms with Crippen LogP contribution in [0.15, 0.2) is 34.8 Å². The van der Waals surface area contributed by atoms with E-state index in [1.807, 2.05) is 48.9 Å². The Labute approximate surface area is 191 Å². The Balaban J connectivity index is 1.41. The fraction of sp³-hybridized carbons (Fsp3) is 0.409. The number of carbonyl (C=O) groups is 1. The number of alkyl halides is 3. The molecule has 1 amide bonds. The summed E-state index contributed by atoms with van der Waals surface area (Å²) in [4.78, 5) is 12.5.